The highest BCUT2D eigenvalue weighted by Crippen LogP contribution is 2.41. The third-order valence-electron chi connectivity index (χ3n) is 6.65. The van der Waals surface area contributed by atoms with Gasteiger partial charge in [-0.05, 0) is 42.0 Å². The van der Waals surface area contributed by atoms with Crippen molar-refractivity contribution in [3.05, 3.63) is 78.3 Å². The molecule has 4 aromatic heterocycles. The lowest BCUT2D eigenvalue weighted by molar-refractivity contribution is 0.219. The Bertz CT molecular complexity index is 1910. The van der Waals surface area contributed by atoms with E-state index in [2.05, 4.69) is 20.5 Å². The molecule has 0 aliphatic carbocycles. The number of anilines is 2. The number of hydrogen-bond donors (Lipinski definition) is 1. The van der Waals surface area contributed by atoms with Crippen LogP contribution in [0.15, 0.2) is 73.3 Å². The number of carbonyl (C=O) groups excluding carboxylic acids is 1. The third kappa shape index (κ3) is 4.66. The number of benzene rings is 2. The van der Waals surface area contributed by atoms with Gasteiger partial charge in [-0.25, -0.2) is 9.78 Å². The van der Waals surface area contributed by atoms with Crippen molar-refractivity contribution < 1.29 is 14.3 Å². The number of halogens is 1. The average molecular weight is 569 g/mol. The summed E-state index contributed by atoms with van der Waals surface area (Å²) in [6.45, 7) is 0. The molecule has 0 aliphatic rings. The van der Waals surface area contributed by atoms with E-state index in [0.29, 0.717) is 39.3 Å². The van der Waals surface area contributed by atoms with Crippen molar-refractivity contribution in [3.8, 4) is 33.9 Å². The minimum absolute atomic E-state index is 0.118. The molecule has 2 aromatic carbocycles. The Hall–Kier alpha value is -5.16. The fraction of sp³-hybridized carbons (Fsp3) is 0.138. The topological polar surface area (TPSA) is 112 Å². The number of fused-ring (bicyclic) bond motifs is 3. The predicted molar refractivity (Wildman–Crippen MR) is 157 cm³/mol. The summed E-state index contributed by atoms with van der Waals surface area (Å²) < 4.78 is 14.3. The molecule has 0 unspecified atom stereocenters. The maximum Gasteiger partial charge on any atom is 0.328 e. The number of carbonyl (C=O) groups is 1. The molecule has 41 heavy (non-hydrogen) atoms. The first-order chi connectivity index (χ1) is 19.9. The molecule has 12 heteroatoms. The van der Waals surface area contributed by atoms with E-state index in [4.69, 9.17) is 26.1 Å². The molecular formula is C29H25ClN8O3. The van der Waals surface area contributed by atoms with Gasteiger partial charge in [-0.1, -0.05) is 23.7 Å². The lowest BCUT2D eigenvalue weighted by Crippen LogP contribution is -2.27. The second-order valence-corrected chi connectivity index (χ2v) is 9.77. The first-order valence-electron chi connectivity index (χ1n) is 12.6. The van der Waals surface area contributed by atoms with E-state index < -0.39 is 0 Å². The van der Waals surface area contributed by atoms with Gasteiger partial charge < -0.3 is 19.7 Å². The van der Waals surface area contributed by atoms with Gasteiger partial charge in [0.2, 0.25) is 5.95 Å². The molecule has 0 atom stereocenters. The lowest BCUT2D eigenvalue weighted by Gasteiger charge is -2.14. The summed E-state index contributed by atoms with van der Waals surface area (Å²) in [7, 11) is 6.58. The van der Waals surface area contributed by atoms with E-state index >= 15 is 0 Å². The molecule has 11 nitrogen and oxygen atoms in total. The summed E-state index contributed by atoms with van der Waals surface area (Å²) in [5, 5.41) is 12.9. The van der Waals surface area contributed by atoms with Crippen molar-refractivity contribution in [1.82, 2.24) is 34.0 Å². The molecule has 0 bridgehead atoms. The number of hydrogen-bond acceptors (Lipinski definition) is 8. The number of nitrogens with one attached hydrogen (secondary N) is 1. The maximum absolute atomic E-state index is 12.5. The first kappa shape index (κ1) is 26.1. The van der Waals surface area contributed by atoms with E-state index in [1.54, 1.807) is 62.1 Å². The third-order valence-corrected chi connectivity index (χ3v) is 7.04. The monoisotopic (exact) mass is 568 g/mol. The number of amides is 1. The van der Waals surface area contributed by atoms with Gasteiger partial charge in [-0.2, -0.15) is 4.98 Å². The van der Waals surface area contributed by atoms with E-state index in [1.165, 1.54) is 4.90 Å². The zero-order chi connectivity index (χ0) is 28.7. The maximum atomic E-state index is 12.5. The standard InChI is InChI=1S/C29H25ClN8O3/c1-36(2)29(39)37-11-5-6-23(37)17-7-9-19(10-8-17)33-28-31-15-18-12-22(27-35-32-16-38(27)26(18)34-28)21-13-20(40-3)14-24(41-4)25(21)30/h5-16H,1-4H3,(H,31,33,34). The number of nitrogens with zero attached hydrogens (tertiary/aromatic N) is 7. The van der Waals surface area contributed by atoms with Crippen molar-refractivity contribution >= 4 is 45.9 Å². The molecule has 0 fully saturated rings. The molecule has 4 heterocycles. The van der Waals surface area contributed by atoms with Crippen LogP contribution in [0.3, 0.4) is 0 Å². The Morgan fingerprint density at radius 2 is 1.80 bits per heavy atom. The van der Waals surface area contributed by atoms with Gasteiger partial charge in [0, 0.05) is 54.8 Å². The smallest absolute Gasteiger partial charge is 0.328 e. The largest absolute Gasteiger partial charge is 0.497 e. The van der Waals surface area contributed by atoms with Crippen molar-refractivity contribution in [2.45, 2.75) is 0 Å². The quantitative estimate of drug-likeness (QED) is 0.270. The number of pyridine rings is 1. The zero-order valence-electron chi connectivity index (χ0n) is 22.7. The van der Waals surface area contributed by atoms with Crippen LogP contribution in [-0.4, -0.2) is 68.4 Å². The summed E-state index contributed by atoms with van der Waals surface area (Å²) >= 11 is 6.69. The summed E-state index contributed by atoms with van der Waals surface area (Å²) in [5.74, 6) is 1.48. The fourth-order valence-electron chi connectivity index (χ4n) is 4.62. The van der Waals surface area contributed by atoms with E-state index in [1.807, 2.05) is 48.5 Å². The summed E-state index contributed by atoms with van der Waals surface area (Å²) in [4.78, 5) is 23.3. The first-order valence-corrected chi connectivity index (χ1v) is 12.9. The van der Waals surface area contributed by atoms with Gasteiger partial charge in [0.05, 0.1) is 24.9 Å². The van der Waals surface area contributed by atoms with Crippen LogP contribution in [0.5, 0.6) is 11.5 Å². The van der Waals surface area contributed by atoms with Crippen LogP contribution in [-0.2, 0) is 0 Å². The van der Waals surface area contributed by atoms with E-state index in [-0.39, 0.29) is 6.03 Å². The molecule has 0 radical (unpaired) electrons. The summed E-state index contributed by atoms with van der Waals surface area (Å²) in [6.07, 6.45) is 5.08. The van der Waals surface area contributed by atoms with Crippen LogP contribution < -0.4 is 14.8 Å². The van der Waals surface area contributed by atoms with Crippen LogP contribution in [0.25, 0.3) is 39.1 Å². The normalized spacial score (nSPS) is 11.1. The minimum atomic E-state index is -0.118. The molecule has 6 rings (SSSR count). The van der Waals surface area contributed by atoms with Crippen LogP contribution in [0.4, 0.5) is 16.4 Å². The highest BCUT2D eigenvalue weighted by molar-refractivity contribution is 6.35. The molecule has 0 saturated carbocycles. The minimum Gasteiger partial charge on any atom is -0.497 e. The molecular weight excluding hydrogens is 544 g/mol. The Morgan fingerprint density at radius 1 is 1.00 bits per heavy atom. The summed E-state index contributed by atoms with van der Waals surface area (Å²) in [5.41, 5.74) is 5.10. The molecule has 0 aliphatic heterocycles. The Kier molecular flexibility index (Phi) is 6.64. The fourth-order valence-corrected chi connectivity index (χ4v) is 4.90. The lowest BCUT2D eigenvalue weighted by atomic mass is 10.0. The molecule has 1 amide bonds. The highest BCUT2D eigenvalue weighted by Gasteiger charge is 2.19. The van der Waals surface area contributed by atoms with Gasteiger partial charge in [0.25, 0.3) is 0 Å². The molecule has 0 spiro atoms. The molecule has 6 aromatic rings. The van der Waals surface area contributed by atoms with Crippen LogP contribution in [0.2, 0.25) is 5.02 Å². The zero-order valence-corrected chi connectivity index (χ0v) is 23.4. The summed E-state index contributed by atoms with van der Waals surface area (Å²) in [6, 6.07) is 16.8. The van der Waals surface area contributed by atoms with Crippen LogP contribution in [0, 0.1) is 0 Å². The van der Waals surface area contributed by atoms with Crippen molar-refractivity contribution in [2.24, 2.45) is 0 Å². The Labute approximate surface area is 239 Å². The van der Waals surface area contributed by atoms with Crippen molar-refractivity contribution in [2.75, 3.05) is 33.6 Å². The predicted octanol–water partition coefficient (Wildman–Crippen LogP) is 5.75. The Balaban J connectivity index is 1.34. The van der Waals surface area contributed by atoms with Gasteiger partial charge in [0.1, 0.15) is 17.8 Å². The van der Waals surface area contributed by atoms with E-state index in [9.17, 15) is 4.79 Å². The average Bonchev–Trinajstić information content (AvgIpc) is 3.68. The number of rotatable bonds is 6. The van der Waals surface area contributed by atoms with E-state index in [0.717, 1.165) is 27.9 Å². The molecule has 1 N–H and O–H groups in total. The molecule has 0 saturated heterocycles. The van der Waals surface area contributed by atoms with Crippen LogP contribution >= 0.6 is 11.6 Å². The second kappa shape index (κ2) is 10.4. The van der Waals surface area contributed by atoms with Crippen LogP contribution in [0.1, 0.15) is 0 Å². The number of aromatic nitrogens is 6. The highest BCUT2D eigenvalue weighted by atomic mass is 35.5. The van der Waals surface area contributed by atoms with Gasteiger partial charge >= 0.3 is 6.03 Å². The number of methoxy groups -OCH3 is 2. The van der Waals surface area contributed by atoms with Gasteiger partial charge in [-0.3, -0.25) is 8.97 Å². The Morgan fingerprint density at radius 3 is 2.54 bits per heavy atom. The molecule has 206 valence electrons. The van der Waals surface area contributed by atoms with Gasteiger partial charge in [0.15, 0.2) is 11.3 Å². The van der Waals surface area contributed by atoms with Crippen molar-refractivity contribution in [3.63, 3.8) is 0 Å². The number of ether oxygens (including phenoxy) is 2. The van der Waals surface area contributed by atoms with Gasteiger partial charge in [-0.15, -0.1) is 10.2 Å². The SMILES string of the molecule is COc1cc(OC)c(Cl)c(-c2cc3cnc(Nc4ccc(-c5cccn5C(=O)N(C)C)cc4)nc3n3cnnc23)c1. The van der Waals surface area contributed by atoms with Crippen molar-refractivity contribution in [1.29, 1.82) is 0 Å². The second-order valence-electron chi connectivity index (χ2n) is 9.39.